The zero-order valence-electron chi connectivity index (χ0n) is 13.9. The number of benzene rings is 2. The zero-order chi connectivity index (χ0) is 18.0. The smallest absolute Gasteiger partial charge is 0.264 e. The molecule has 1 N–H and O–H groups in total. The second kappa shape index (κ2) is 7.80. The molecule has 0 bridgehead atoms. The SMILES string of the molecule is CSSCCNC1c2ccccc2N(C)S(=O)(=O)c2cc(Cl)ccc21. The van der Waals surface area contributed by atoms with Gasteiger partial charge in [0, 0.05) is 24.4 Å². The summed E-state index contributed by atoms with van der Waals surface area (Å²) in [4.78, 5) is 0.258. The Bertz CT molecular complexity index is 874. The van der Waals surface area contributed by atoms with E-state index in [1.807, 2.05) is 36.6 Å². The van der Waals surface area contributed by atoms with Crippen molar-refractivity contribution < 1.29 is 8.42 Å². The van der Waals surface area contributed by atoms with Gasteiger partial charge in [0.25, 0.3) is 10.0 Å². The fourth-order valence-corrected chi connectivity index (χ4v) is 5.82. The molecule has 0 aliphatic carbocycles. The van der Waals surface area contributed by atoms with Gasteiger partial charge >= 0.3 is 0 Å². The minimum Gasteiger partial charge on any atom is -0.305 e. The predicted octanol–water partition coefficient (Wildman–Crippen LogP) is 4.17. The van der Waals surface area contributed by atoms with Crippen molar-refractivity contribution in [3.05, 3.63) is 58.6 Å². The van der Waals surface area contributed by atoms with Crippen molar-refractivity contribution in [3.63, 3.8) is 0 Å². The molecule has 2 aromatic rings. The van der Waals surface area contributed by atoms with Crippen LogP contribution in [0, 0.1) is 0 Å². The molecule has 0 fully saturated rings. The van der Waals surface area contributed by atoms with Crippen LogP contribution in [0.2, 0.25) is 5.02 Å². The summed E-state index contributed by atoms with van der Waals surface area (Å²) in [5.74, 6) is 0.936. The van der Waals surface area contributed by atoms with Gasteiger partial charge in [-0.05, 0) is 35.6 Å². The molecule has 3 rings (SSSR count). The molecule has 0 amide bonds. The molecule has 0 radical (unpaired) electrons. The third kappa shape index (κ3) is 3.66. The summed E-state index contributed by atoms with van der Waals surface area (Å²) in [6.07, 6.45) is 2.05. The first-order valence-electron chi connectivity index (χ1n) is 7.73. The topological polar surface area (TPSA) is 49.4 Å². The number of hydrogen-bond acceptors (Lipinski definition) is 5. The first-order chi connectivity index (χ1) is 12.0. The summed E-state index contributed by atoms with van der Waals surface area (Å²) in [7, 11) is 1.42. The molecule has 25 heavy (non-hydrogen) atoms. The Labute approximate surface area is 161 Å². The van der Waals surface area contributed by atoms with Crippen LogP contribution in [0.25, 0.3) is 0 Å². The Morgan fingerprint density at radius 1 is 1.20 bits per heavy atom. The highest BCUT2D eigenvalue weighted by molar-refractivity contribution is 8.76. The highest BCUT2D eigenvalue weighted by atomic mass is 35.5. The van der Waals surface area contributed by atoms with E-state index < -0.39 is 10.0 Å². The van der Waals surface area contributed by atoms with E-state index in [1.54, 1.807) is 40.8 Å². The Kier molecular flexibility index (Phi) is 5.90. The van der Waals surface area contributed by atoms with E-state index in [-0.39, 0.29) is 10.9 Å². The molecule has 1 atom stereocenters. The number of halogens is 1. The number of anilines is 1. The van der Waals surface area contributed by atoms with Gasteiger partial charge in [0.15, 0.2) is 0 Å². The number of para-hydroxylation sites is 1. The lowest BCUT2D eigenvalue weighted by molar-refractivity contribution is 0.590. The monoisotopic (exact) mass is 414 g/mol. The minimum atomic E-state index is -3.66. The molecule has 4 nitrogen and oxygen atoms in total. The molecule has 8 heteroatoms. The summed E-state index contributed by atoms with van der Waals surface area (Å²) in [6.45, 7) is 0.774. The van der Waals surface area contributed by atoms with Crippen molar-refractivity contribution >= 4 is 48.9 Å². The summed E-state index contributed by atoms with van der Waals surface area (Å²) in [5.41, 5.74) is 2.36. The minimum absolute atomic E-state index is 0.203. The van der Waals surface area contributed by atoms with Gasteiger partial charge < -0.3 is 5.32 Å². The quantitative estimate of drug-likeness (QED) is 0.587. The van der Waals surface area contributed by atoms with E-state index in [9.17, 15) is 8.42 Å². The molecule has 0 saturated carbocycles. The Balaban J connectivity index is 2.15. The fraction of sp³-hybridized carbons (Fsp3) is 0.294. The van der Waals surface area contributed by atoms with E-state index >= 15 is 0 Å². The molecule has 1 heterocycles. The lowest BCUT2D eigenvalue weighted by atomic mass is 9.97. The van der Waals surface area contributed by atoms with E-state index in [0.717, 1.165) is 23.4 Å². The van der Waals surface area contributed by atoms with Crippen LogP contribution >= 0.6 is 33.2 Å². The van der Waals surface area contributed by atoms with E-state index in [0.29, 0.717) is 10.7 Å². The summed E-state index contributed by atoms with van der Waals surface area (Å²) >= 11 is 6.10. The third-order valence-electron chi connectivity index (χ3n) is 4.16. The van der Waals surface area contributed by atoms with Gasteiger partial charge in [0.05, 0.1) is 16.6 Å². The van der Waals surface area contributed by atoms with Crippen molar-refractivity contribution in [2.75, 3.05) is 29.9 Å². The van der Waals surface area contributed by atoms with Crippen molar-refractivity contribution in [1.29, 1.82) is 0 Å². The van der Waals surface area contributed by atoms with Crippen molar-refractivity contribution in [2.24, 2.45) is 0 Å². The fourth-order valence-electron chi connectivity index (χ4n) is 2.98. The molecule has 0 spiro atoms. The molecular weight excluding hydrogens is 396 g/mol. The van der Waals surface area contributed by atoms with E-state index in [4.69, 9.17) is 11.6 Å². The zero-order valence-corrected chi connectivity index (χ0v) is 17.1. The second-order valence-electron chi connectivity index (χ2n) is 5.59. The average Bonchev–Trinajstić information content (AvgIpc) is 2.67. The largest absolute Gasteiger partial charge is 0.305 e. The van der Waals surface area contributed by atoms with Crippen LogP contribution in [-0.2, 0) is 10.0 Å². The number of hydrogen-bond donors (Lipinski definition) is 1. The van der Waals surface area contributed by atoms with Crippen LogP contribution in [0.15, 0.2) is 47.4 Å². The van der Waals surface area contributed by atoms with Gasteiger partial charge in [-0.3, -0.25) is 4.31 Å². The molecule has 1 unspecified atom stereocenters. The molecule has 0 saturated heterocycles. The Hall–Kier alpha value is -0.860. The number of fused-ring (bicyclic) bond motifs is 2. The van der Waals surface area contributed by atoms with Crippen LogP contribution in [0.1, 0.15) is 17.2 Å². The Morgan fingerprint density at radius 3 is 2.72 bits per heavy atom. The van der Waals surface area contributed by atoms with E-state index in [1.165, 1.54) is 4.31 Å². The van der Waals surface area contributed by atoms with Gasteiger partial charge in [0.1, 0.15) is 0 Å². The Morgan fingerprint density at radius 2 is 1.96 bits per heavy atom. The van der Waals surface area contributed by atoms with E-state index in [2.05, 4.69) is 5.32 Å². The van der Waals surface area contributed by atoms with Crippen molar-refractivity contribution in [1.82, 2.24) is 5.32 Å². The van der Waals surface area contributed by atoms with Gasteiger partial charge in [0.2, 0.25) is 0 Å². The third-order valence-corrected chi connectivity index (χ3v) is 8.04. The van der Waals surface area contributed by atoms with Gasteiger partial charge in [-0.2, -0.15) is 0 Å². The van der Waals surface area contributed by atoms with Gasteiger partial charge in [-0.15, -0.1) is 0 Å². The maximum Gasteiger partial charge on any atom is 0.264 e. The van der Waals surface area contributed by atoms with Crippen LogP contribution in [-0.4, -0.2) is 34.0 Å². The highest BCUT2D eigenvalue weighted by Crippen LogP contribution is 2.40. The number of sulfonamides is 1. The first-order valence-corrected chi connectivity index (χ1v) is 12.3. The normalized spacial score (nSPS) is 18.4. The molecule has 0 aromatic heterocycles. The van der Waals surface area contributed by atoms with Crippen LogP contribution in [0.3, 0.4) is 0 Å². The van der Waals surface area contributed by atoms with Crippen molar-refractivity contribution in [3.8, 4) is 0 Å². The maximum atomic E-state index is 13.1. The average molecular weight is 415 g/mol. The number of nitrogens with one attached hydrogen (secondary N) is 1. The molecule has 1 aliphatic heterocycles. The molecule has 134 valence electrons. The maximum absolute atomic E-state index is 13.1. The molecular formula is C17H19ClN2O2S3. The lowest BCUT2D eigenvalue weighted by Crippen LogP contribution is -2.26. The summed E-state index contributed by atoms with van der Waals surface area (Å²) in [6, 6.07) is 12.5. The van der Waals surface area contributed by atoms with Gasteiger partial charge in [-0.25, -0.2) is 8.42 Å². The molecule has 2 aromatic carbocycles. The molecule has 1 aliphatic rings. The summed E-state index contributed by atoms with van der Waals surface area (Å²) < 4.78 is 27.5. The first kappa shape index (κ1) is 18.9. The number of rotatable bonds is 5. The standard InChI is InChI=1S/C17H19ClN2O2S3/c1-20-15-6-4-3-5-13(15)17(19-9-10-24-23-2)14-8-7-12(18)11-16(14)25(20,21)22/h3-8,11,17,19H,9-10H2,1-2H3. The number of nitrogens with zero attached hydrogens (tertiary/aromatic N) is 1. The second-order valence-corrected chi connectivity index (χ2v) is 10.6. The van der Waals surface area contributed by atoms with Crippen LogP contribution in [0.5, 0.6) is 0 Å². The summed E-state index contributed by atoms with van der Waals surface area (Å²) in [5, 5.41) is 3.93. The van der Waals surface area contributed by atoms with Crippen LogP contribution in [0.4, 0.5) is 5.69 Å². The van der Waals surface area contributed by atoms with Crippen LogP contribution < -0.4 is 9.62 Å². The van der Waals surface area contributed by atoms with Crippen molar-refractivity contribution in [2.45, 2.75) is 10.9 Å². The predicted molar refractivity (Wildman–Crippen MR) is 109 cm³/mol. The van der Waals surface area contributed by atoms with Gasteiger partial charge in [-0.1, -0.05) is 57.5 Å². The lowest BCUT2D eigenvalue weighted by Gasteiger charge is -2.22. The highest BCUT2D eigenvalue weighted by Gasteiger charge is 2.34.